The summed E-state index contributed by atoms with van der Waals surface area (Å²) in [6.45, 7) is 5.00. The van der Waals surface area contributed by atoms with Crippen molar-refractivity contribution in [3.8, 4) is 0 Å². The van der Waals surface area contributed by atoms with Crippen LogP contribution < -0.4 is 27.4 Å². The highest BCUT2D eigenvalue weighted by atomic mass is 16.4. The van der Waals surface area contributed by atoms with Crippen molar-refractivity contribution < 1.29 is 29.4 Å². The van der Waals surface area contributed by atoms with Gasteiger partial charge in [0.15, 0.2) is 0 Å². The van der Waals surface area contributed by atoms with Gasteiger partial charge in [-0.25, -0.2) is 4.79 Å². The fourth-order valence-electron chi connectivity index (χ4n) is 2.48. The molecule has 11 nitrogen and oxygen atoms in total. The van der Waals surface area contributed by atoms with E-state index in [0.29, 0.717) is 19.4 Å². The molecule has 29 heavy (non-hydrogen) atoms. The highest BCUT2D eigenvalue weighted by molar-refractivity contribution is 5.92. The van der Waals surface area contributed by atoms with Gasteiger partial charge in [0.2, 0.25) is 17.7 Å². The van der Waals surface area contributed by atoms with Crippen LogP contribution in [0.2, 0.25) is 0 Å². The van der Waals surface area contributed by atoms with Crippen LogP contribution in [0, 0.1) is 5.92 Å². The van der Waals surface area contributed by atoms with E-state index in [9.17, 15) is 24.3 Å². The Morgan fingerprint density at radius 3 is 2.07 bits per heavy atom. The minimum atomic E-state index is -1.20. The van der Waals surface area contributed by atoms with Crippen LogP contribution >= 0.6 is 0 Å². The van der Waals surface area contributed by atoms with Crippen molar-refractivity contribution in [1.82, 2.24) is 16.0 Å². The number of aliphatic carboxylic acids is 1. The zero-order valence-electron chi connectivity index (χ0n) is 17.3. The molecule has 0 aromatic carbocycles. The van der Waals surface area contributed by atoms with Gasteiger partial charge in [-0.3, -0.25) is 14.4 Å². The fourth-order valence-corrected chi connectivity index (χ4v) is 2.48. The van der Waals surface area contributed by atoms with E-state index in [4.69, 9.17) is 16.6 Å². The van der Waals surface area contributed by atoms with Crippen LogP contribution in [-0.2, 0) is 19.2 Å². The Bertz CT molecular complexity index is 555. The first-order chi connectivity index (χ1) is 13.5. The molecule has 9 N–H and O–H groups in total. The number of carboxylic acids is 1. The molecule has 0 saturated heterocycles. The van der Waals surface area contributed by atoms with E-state index in [1.54, 1.807) is 0 Å². The normalized spacial score (nSPS) is 15.1. The topological polar surface area (TPSA) is 197 Å². The maximum Gasteiger partial charge on any atom is 0.326 e. The minimum Gasteiger partial charge on any atom is -0.480 e. The van der Waals surface area contributed by atoms with Crippen molar-refractivity contribution in [3.63, 3.8) is 0 Å². The van der Waals surface area contributed by atoms with Crippen molar-refractivity contribution in [2.24, 2.45) is 17.4 Å². The summed E-state index contributed by atoms with van der Waals surface area (Å²) in [5.74, 6) is -3.05. The Morgan fingerprint density at radius 1 is 0.966 bits per heavy atom. The maximum atomic E-state index is 12.4. The molecule has 0 aromatic rings. The number of carbonyl (C=O) groups is 4. The van der Waals surface area contributed by atoms with Crippen LogP contribution in [0.25, 0.3) is 0 Å². The largest absolute Gasteiger partial charge is 0.480 e. The molecule has 0 bridgehead atoms. The van der Waals surface area contributed by atoms with E-state index >= 15 is 0 Å². The summed E-state index contributed by atoms with van der Waals surface area (Å²) in [6, 6.07) is -3.21. The smallest absolute Gasteiger partial charge is 0.326 e. The van der Waals surface area contributed by atoms with Gasteiger partial charge in [0.25, 0.3) is 0 Å². The van der Waals surface area contributed by atoms with Gasteiger partial charge in [-0.1, -0.05) is 13.8 Å². The third-order valence-corrected chi connectivity index (χ3v) is 4.17. The molecule has 168 valence electrons. The number of aliphatic hydroxyl groups is 1. The third-order valence-electron chi connectivity index (χ3n) is 4.17. The molecule has 0 aliphatic rings. The predicted molar refractivity (Wildman–Crippen MR) is 107 cm³/mol. The molecule has 3 amide bonds. The van der Waals surface area contributed by atoms with Crippen LogP contribution in [0.15, 0.2) is 0 Å². The maximum absolute atomic E-state index is 12.4. The van der Waals surface area contributed by atoms with Crippen LogP contribution in [0.4, 0.5) is 0 Å². The first kappa shape index (κ1) is 26.8. The second-order valence-electron chi connectivity index (χ2n) is 7.42. The average molecular weight is 418 g/mol. The Balaban J connectivity index is 4.83. The number of hydrogen-bond donors (Lipinski definition) is 7. The number of aliphatic hydroxyl groups excluding tert-OH is 1. The van der Waals surface area contributed by atoms with E-state index < -0.39 is 54.5 Å². The number of carbonyl (C=O) groups excluding carboxylic acids is 3. The second kappa shape index (κ2) is 13.9. The lowest BCUT2D eigenvalue weighted by Crippen LogP contribution is -2.55. The van der Waals surface area contributed by atoms with Crippen molar-refractivity contribution in [2.45, 2.75) is 70.7 Å². The monoisotopic (exact) mass is 417 g/mol. The number of rotatable bonds is 14. The van der Waals surface area contributed by atoms with Crippen molar-refractivity contribution in [2.75, 3.05) is 13.1 Å². The molecule has 4 unspecified atom stereocenters. The molecule has 0 saturated carbocycles. The minimum absolute atomic E-state index is 0.0613. The second-order valence-corrected chi connectivity index (χ2v) is 7.42. The fraction of sp³-hybridized carbons (Fsp3) is 0.778. The summed E-state index contributed by atoms with van der Waals surface area (Å²) < 4.78 is 0. The molecule has 0 aromatic heterocycles. The lowest BCUT2D eigenvalue weighted by Gasteiger charge is -2.22. The van der Waals surface area contributed by atoms with Gasteiger partial charge in [0.05, 0.1) is 12.6 Å². The lowest BCUT2D eigenvalue weighted by molar-refractivity contribution is -0.142. The lowest BCUT2D eigenvalue weighted by atomic mass is 10.0. The number of nitrogens with one attached hydrogen (secondary N) is 3. The van der Waals surface area contributed by atoms with E-state index in [1.807, 2.05) is 13.8 Å². The van der Waals surface area contributed by atoms with E-state index in [-0.39, 0.29) is 18.8 Å². The van der Waals surface area contributed by atoms with Crippen molar-refractivity contribution in [3.05, 3.63) is 0 Å². The Morgan fingerprint density at radius 2 is 1.59 bits per heavy atom. The van der Waals surface area contributed by atoms with Gasteiger partial charge >= 0.3 is 5.97 Å². The Kier molecular flexibility index (Phi) is 12.8. The number of unbranched alkanes of at least 4 members (excludes halogenated alkanes) is 1. The first-order valence-electron chi connectivity index (χ1n) is 9.73. The van der Waals surface area contributed by atoms with Gasteiger partial charge in [0.1, 0.15) is 18.1 Å². The molecule has 0 spiro atoms. The molecular formula is C18H35N5O6. The van der Waals surface area contributed by atoms with E-state index in [2.05, 4.69) is 16.0 Å². The van der Waals surface area contributed by atoms with Gasteiger partial charge in [0, 0.05) is 0 Å². The molecule has 0 fully saturated rings. The molecule has 0 heterocycles. The van der Waals surface area contributed by atoms with Crippen LogP contribution in [-0.4, -0.2) is 71.2 Å². The zero-order valence-corrected chi connectivity index (χ0v) is 17.3. The average Bonchev–Trinajstić information content (AvgIpc) is 2.63. The summed E-state index contributed by atoms with van der Waals surface area (Å²) in [7, 11) is 0. The van der Waals surface area contributed by atoms with E-state index in [1.165, 1.54) is 6.92 Å². The van der Waals surface area contributed by atoms with Gasteiger partial charge in [-0.2, -0.15) is 0 Å². The molecule has 4 atom stereocenters. The molecule has 0 aliphatic carbocycles. The quantitative estimate of drug-likeness (QED) is 0.158. The van der Waals surface area contributed by atoms with E-state index in [0.717, 1.165) is 0 Å². The highest BCUT2D eigenvalue weighted by Crippen LogP contribution is 2.05. The Labute approximate surface area is 171 Å². The van der Waals surface area contributed by atoms with Gasteiger partial charge in [-0.05, 0) is 45.1 Å². The van der Waals surface area contributed by atoms with Gasteiger partial charge in [-0.15, -0.1) is 0 Å². The molecule has 11 heteroatoms. The standard InChI is InChI=1S/C18H35N5O6/c1-10(2)8-13(18(28)29)22-14(25)9-21-16(26)12(6-4-5-7-19)23-17(27)15(20)11(3)24/h10-13,15,24H,4-9,19-20H2,1-3H3,(H,21,26)(H,22,25)(H,23,27)(H,28,29). The SMILES string of the molecule is CC(C)CC(NC(=O)CNC(=O)C(CCCCN)NC(=O)C(N)C(C)O)C(=O)O. The van der Waals surface area contributed by atoms with Crippen LogP contribution in [0.3, 0.4) is 0 Å². The summed E-state index contributed by atoms with van der Waals surface area (Å²) in [5, 5.41) is 25.8. The highest BCUT2D eigenvalue weighted by Gasteiger charge is 2.26. The molecule has 0 radical (unpaired) electrons. The summed E-state index contributed by atoms with van der Waals surface area (Å²) in [4.78, 5) is 47.7. The first-order valence-corrected chi connectivity index (χ1v) is 9.73. The third kappa shape index (κ3) is 11.4. The predicted octanol–water partition coefficient (Wildman–Crippen LogP) is -1.96. The van der Waals surface area contributed by atoms with Crippen LogP contribution in [0.1, 0.15) is 46.5 Å². The Hall–Kier alpha value is -2.24. The molecule has 0 aliphatic heterocycles. The zero-order chi connectivity index (χ0) is 22.6. The number of carboxylic acid groups (broad SMARTS) is 1. The number of hydrogen-bond acceptors (Lipinski definition) is 7. The molecule has 0 rings (SSSR count). The molecular weight excluding hydrogens is 382 g/mol. The number of amides is 3. The van der Waals surface area contributed by atoms with Crippen molar-refractivity contribution in [1.29, 1.82) is 0 Å². The van der Waals surface area contributed by atoms with Gasteiger partial charge < -0.3 is 37.6 Å². The summed E-state index contributed by atoms with van der Waals surface area (Å²) in [6.07, 6.45) is 0.624. The van der Waals surface area contributed by atoms with Crippen molar-refractivity contribution >= 4 is 23.7 Å². The summed E-state index contributed by atoms with van der Waals surface area (Å²) in [5.41, 5.74) is 11.0. The van der Waals surface area contributed by atoms with Crippen LogP contribution in [0.5, 0.6) is 0 Å². The summed E-state index contributed by atoms with van der Waals surface area (Å²) >= 11 is 0. The number of nitrogens with two attached hydrogens (primary N) is 2.